The Kier molecular flexibility index (Phi) is 2.82. The van der Waals surface area contributed by atoms with Crippen molar-refractivity contribution in [2.75, 3.05) is 0 Å². The van der Waals surface area contributed by atoms with E-state index in [4.69, 9.17) is 0 Å². The average molecular weight is 266 g/mol. The summed E-state index contributed by atoms with van der Waals surface area (Å²) in [6.45, 7) is 3.38. The number of hydrogen-bond donors (Lipinski definition) is 0. The maximum Gasteiger partial charge on any atom is 0.180 e. The number of carbonyl (C=O) groups is 1. The van der Waals surface area contributed by atoms with Crippen molar-refractivity contribution in [1.29, 1.82) is 0 Å². The summed E-state index contributed by atoms with van der Waals surface area (Å²) in [7, 11) is 1.84. The number of nitrogens with zero attached hydrogens (tertiary/aromatic N) is 4. The largest absolute Gasteiger partial charge is 0.293 e. The third kappa shape index (κ3) is 1.97. The lowest BCUT2D eigenvalue weighted by atomic mass is 10.0. The summed E-state index contributed by atoms with van der Waals surface area (Å²) in [5.74, 6) is 0.702. The third-order valence-electron chi connectivity index (χ3n) is 3.30. The molecule has 0 N–H and O–H groups in total. The molecule has 0 amide bonds. The van der Waals surface area contributed by atoms with E-state index in [1.165, 1.54) is 6.92 Å². The average Bonchev–Trinajstić information content (AvgIpc) is 2.77. The Labute approximate surface area is 116 Å². The van der Waals surface area contributed by atoms with Gasteiger partial charge < -0.3 is 0 Å². The molecular formula is C15H14N4O. The maximum absolute atomic E-state index is 11.7. The van der Waals surface area contributed by atoms with E-state index in [0.29, 0.717) is 5.69 Å². The molecule has 2 aromatic heterocycles. The first-order valence-corrected chi connectivity index (χ1v) is 6.33. The van der Waals surface area contributed by atoms with Crippen LogP contribution in [0.25, 0.3) is 22.0 Å². The van der Waals surface area contributed by atoms with Crippen molar-refractivity contribution in [3.8, 4) is 11.1 Å². The highest BCUT2D eigenvalue weighted by Crippen LogP contribution is 2.25. The van der Waals surface area contributed by atoms with Crippen molar-refractivity contribution in [1.82, 2.24) is 19.7 Å². The van der Waals surface area contributed by atoms with Gasteiger partial charge in [-0.2, -0.15) is 5.10 Å². The van der Waals surface area contributed by atoms with Crippen LogP contribution in [0.1, 0.15) is 23.2 Å². The number of aryl methyl sites for hydroxylation is 2. The maximum atomic E-state index is 11.7. The van der Waals surface area contributed by atoms with E-state index in [2.05, 4.69) is 15.1 Å². The molecule has 0 atom stereocenters. The highest BCUT2D eigenvalue weighted by atomic mass is 16.1. The number of carbonyl (C=O) groups excluding carboxylic acids is 1. The summed E-state index contributed by atoms with van der Waals surface area (Å²) in [6.07, 6.45) is 3.57. The Morgan fingerprint density at radius 2 is 1.85 bits per heavy atom. The van der Waals surface area contributed by atoms with Crippen molar-refractivity contribution in [2.24, 2.45) is 7.05 Å². The summed E-state index contributed by atoms with van der Waals surface area (Å²) in [4.78, 5) is 20.1. The van der Waals surface area contributed by atoms with Crippen LogP contribution in [-0.4, -0.2) is 25.5 Å². The Bertz CT molecular complexity index is 803. The molecule has 0 unspecified atom stereocenters. The first-order chi connectivity index (χ1) is 9.56. The van der Waals surface area contributed by atoms with Gasteiger partial charge in [0, 0.05) is 37.3 Å². The summed E-state index contributed by atoms with van der Waals surface area (Å²) in [5, 5.41) is 5.13. The molecule has 0 aliphatic rings. The van der Waals surface area contributed by atoms with Gasteiger partial charge in [0.1, 0.15) is 11.5 Å². The minimum Gasteiger partial charge on any atom is -0.293 e. The zero-order valence-corrected chi connectivity index (χ0v) is 11.6. The molecule has 0 radical (unpaired) electrons. The van der Waals surface area contributed by atoms with E-state index >= 15 is 0 Å². The molecular weight excluding hydrogens is 252 g/mol. The molecule has 2 heterocycles. The minimum absolute atomic E-state index is 0.0343. The van der Waals surface area contributed by atoms with Crippen LogP contribution in [0.4, 0.5) is 0 Å². The van der Waals surface area contributed by atoms with Crippen molar-refractivity contribution >= 4 is 16.7 Å². The number of hydrogen-bond acceptors (Lipinski definition) is 4. The second kappa shape index (κ2) is 4.52. The lowest BCUT2D eigenvalue weighted by molar-refractivity contribution is 0.101. The predicted molar refractivity (Wildman–Crippen MR) is 76.5 cm³/mol. The standard InChI is InChI=1S/C15H14N4O/c1-9(20)15-13-6-11(4-5-14(13)19(3)18-15)12-7-16-10(2)17-8-12/h4-8H,1-3H3. The van der Waals surface area contributed by atoms with Gasteiger partial charge in [-0.15, -0.1) is 0 Å². The number of aromatic nitrogens is 4. The van der Waals surface area contributed by atoms with Gasteiger partial charge in [-0.3, -0.25) is 9.48 Å². The Balaban J connectivity index is 2.21. The van der Waals surface area contributed by atoms with Crippen LogP contribution in [0.5, 0.6) is 0 Å². The van der Waals surface area contributed by atoms with Crippen molar-refractivity contribution in [2.45, 2.75) is 13.8 Å². The normalized spacial score (nSPS) is 10.9. The van der Waals surface area contributed by atoms with Crippen molar-refractivity contribution in [3.05, 3.63) is 42.1 Å². The molecule has 0 saturated carbocycles. The smallest absolute Gasteiger partial charge is 0.180 e. The van der Waals surface area contributed by atoms with E-state index in [9.17, 15) is 4.79 Å². The number of fused-ring (bicyclic) bond motifs is 1. The van der Waals surface area contributed by atoms with Gasteiger partial charge in [-0.05, 0) is 24.6 Å². The van der Waals surface area contributed by atoms with Crippen LogP contribution in [0.3, 0.4) is 0 Å². The summed E-state index contributed by atoms with van der Waals surface area (Å²) in [6, 6.07) is 5.92. The molecule has 5 heteroatoms. The third-order valence-corrected chi connectivity index (χ3v) is 3.30. The molecule has 0 saturated heterocycles. The Hall–Kier alpha value is -2.56. The molecule has 0 aliphatic heterocycles. The molecule has 1 aromatic carbocycles. The Morgan fingerprint density at radius 1 is 1.15 bits per heavy atom. The fraction of sp³-hybridized carbons (Fsp3) is 0.200. The SMILES string of the molecule is CC(=O)c1nn(C)c2ccc(-c3cnc(C)nc3)cc12. The van der Waals surface area contributed by atoms with Crippen LogP contribution in [0.15, 0.2) is 30.6 Å². The number of ketones is 1. The molecule has 0 spiro atoms. The molecule has 100 valence electrons. The number of Topliss-reactive ketones (excluding diaryl/α,β-unsaturated/α-hetero) is 1. The molecule has 0 bridgehead atoms. The van der Waals surface area contributed by atoms with Crippen LogP contribution >= 0.6 is 0 Å². The van der Waals surface area contributed by atoms with Crippen LogP contribution in [0.2, 0.25) is 0 Å². The highest BCUT2D eigenvalue weighted by molar-refractivity contribution is 6.05. The first-order valence-electron chi connectivity index (χ1n) is 6.33. The fourth-order valence-electron chi connectivity index (χ4n) is 2.25. The van der Waals surface area contributed by atoms with Crippen LogP contribution < -0.4 is 0 Å². The zero-order valence-electron chi connectivity index (χ0n) is 11.6. The van der Waals surface area contributed by atoms with Crippen LogP contribution in [0, 0.1) is 6.92 Å². The molecule has 3 aromatic rings. The van der Waals surface area contributed by atoms with E-state index < -0.39 is 0 Å². The molecule has 3 rings (SSSR count). The van der Waals surface area contributed by atoms with E-state index in [0.717, 1.165) is 27.9 Å². The summed E-state index contributed by atoms with van der Waals surface area (Å²) in [5.41, 5.74) is 3.34. The second-order valence-corrected chi connectivity index (χ2v) is 4.78. The first kappa shape index (κ1) is 12.5. The minimum atomic E-state index is -0.0343. The van der Waals surface area contributed by atoms with Gasteiger partial charge in [-0.25, -0.2) is 9.97 Å². The van der Waals surface area contributed by atoms with Crippen molar-refractivity contribution < 1.29 is 4.79 Å². The van der Waals surface area contributed by atoms with Gasteiger partial charge in [0.2, 0.25) is 0 Å². The Morgan fingerprint density at radius 3 is 2.50 bits per heavy atom. The van der Waals surface area contributed by atoms with E-state index in [1.807, 2.05) is 32.2 Å². The highest BCUT2D eigenvalue weighted by Gasteiger charge is 2.13. The van der Waals surface area contributed by atoms with Gasteiger partial charge >= 0.3 is 0 Å². The van der Waals surface area contributed by atoms with Gasteiger partial charge in [0.15, 0.2) is 5.78 Å². The van der Waals surface area contributed by atoms with Crippen LogP contribution in [-0.2, 0) is 7.05 Å². The molecule has 0 aliphatic carbocycles. The van der Waals surface area contributed by atoms with Crippen molar-refractivity contribution in [3.63, 3.8) is 0 Å². The fourth-order valence-corrected chi connectivity index (χ4v) is 2.25. The molecule has 5 nitrogen and oxygen atoms in total. The predicted octanol–water partition coefficient (Wildman–Crippen LogP) is 2.54. The summed E-state index contributed by atoms with van der Waals surface area (Å²) < 4.78 is 1.72. The van der Waals surface area contributed by atoms with Gasteiger partial charge in [0.25, 0.3) is 0 Å². The van der Waals surface area contributed by atoms with Gasteiger partial charge in [0.05, 0.1) is 5.52 Å². The van der Waals surface area contributed by atoms with E-state index in [1.54, 1.807) is 17.1 Å². The molecule has 0 fully saturated rings. The topological polar surface area (TPSA) is 60.7 Å². The lowest BCUT2D eigenvalue weighted by Gasteiger charge is -2.02. The van der Waals surface area contributed by atoms with Gasteiger partial charge in [-0.1, -0.05) is 6.07 Å². The molecule has 20 heavy (non-hydrogen) atoms. The zero-order chi connectivity index (χ0) is 14.3. The summed E-state index contributed by atoms with van der Waals surface area (Å²) >= 11 is 0. The van der Waals surface area contributed by atoms with E-state index in [-0.39, 0.29) is 5.78 Å². The lowest BCUT2D eigenvalue weighted by Crippen LogP contribution is -1.95. The quantitative estimate of drug-likeness (QED) is 0.669. The second-order valence-electron chi connectivity index (χ2n) is 4.78. The number of rotatable bonds is 2. The monoisotopic (exact) mass is 266 g/mol. The number of benzene rings is 1.